The molecule has 4 heteroatoms. The molecular formula is C21H23N3O. The van der Waals surface area contributed by atoms with Crippen LogP contribution in [0.5, 0.6) is 0 Å². The maximum Gasteiger partial charge on any atom is 0.106 e. The minimum Gasteiger partial charge on any atom is -0.384 e. The number of fused-ring (bicyclic) bond motifs is 1. The van der Waals surface area contributed by atoms with Gasteiger partial charge in [-0.3, -0.25) is 4.98 Å². The van der Waals surface area contributed by atoms with Gasteiger partial charge in [-0.05, 0) is 25.5 Å². The first-order valence-electron chi connectivity index (χ1n) is 8.48. The highest BCUT2D eigenvalue weighted by atomic mass is 16.3. The zero-order valence-electron chi connectivity index (χ0n) is 14.8. The molecular weight excluding hydrogens is 310 g/mol. The van der Waals surface area contributed by atoms with E-state index in [0.29, 0.717) is 0 Å². The van der Waals surface area contributed by atoms with Crippen molar-refractivity contribution in [3.63, 3.8) is 0 Å². The Balaban J connectivity index is 2.05. The lowest BCUT2D eigenvalue weighted by Gasteiger charge is -2.15. The molecule has 0 bridgehead atoms. The average molecular weight is 333 g/mol. The third-order valence-electron chi connectivity index (χ3n) is 4.34. The summed E-state index contributed by atoms with van der Waals surface area (Å²) in [5.41, 5.74) is 4.19. The zero-order chi connectivity index (χ0) is 17.8. The van der Waals surface area contributed by atoms with Crippen LogP contribution in [0.3, 0.4) is 0 Å². The monoisotopic (exact) mass is 333 g/mol. The van der Waals surface area contributed by atoms with E-state index in [0.717, 1.165) is 40.0 Å². The molecule has 1 unspecified atom stereocenters. The van der Waals surface area contributed by atoms with E-state index in [1.807, 2.05) is 79.8 Å². The number of hydrogen-bond donors (Lipinski definition) is 1. The largest absolute Gasteiger partial charge is 0.384 e. The zero-order valence-corrected chi connectivity index (χ0v) is 14.8. The van der Waals surface area contributed by atoms with Crippen LogP contribution in [0.4, 0.5) is 5.69 Å². The van der Waals surface area contributed by atoms with E-state index in [1.165, 1.54) is 0 Å². The maximum absolute atomic E-state index is 10.8. The van der Waals surface area contributed by atoms with Crippen LogP contribution in [0.2, 0.25) is 0 Å². The number of aromatic nitrogens is 1. The standard InChI is InChI=1S/C21H23N3O/c1-4-24(3)14-22-19-13-17-11-8-12-18(20(17)23-15(19)2)21(25)16-9-6-5-7-10-16/h5-14,21,25H,4H2,1-3H3/b22-14+. The molecule has 1 atom stereocenters. The minimum absolute atomic E-state index is 0.697. The molecule has 1 heterocycles. The predicted octanol–water partition coefficient (Wildman–Crippen LogP) is 4.24. The number of nitrogens with zero attached hydrogens (tertiary/aromatic N) is 3. The van der Waals surface area contributed by atoms with Crippen molar-refractivity contribution in [2.24, 2.45) is 4.99 Å². The lowest BCUT2D eigenvalue weighted by atomic mass is 9.98. The van der Waals surface area contributed by atoms with Gasteiger partial charge in [0.05, 0.1) is 23.2 Å². The first-order chi connectivity index (χ1) is 12.1. The molecule has 3 aromatic rings. The van der Waals surface area contributed by atoms with Crippen molar-refractivity contribution in [2.45, 2.75) is 20.0 Å². The number of aryl methyl sites for hydroxylation is 1. The first-order valence-corrected chi connectivity index (χ1v) is 8.48. The highest BCUT2D eigenvalue weighted by molar-refractivity contribution is 5.86. The van der Waals surface area contributed by atoms with Crippen molar-refractivity contribution in [3.8, 4) is 0 Å². The summed E-state index contributed by atoms with van der Waals surface area (Å²) in [6.07, 6.45) is 1.12. The van der Waals surface area contributed by atoms with Gasteiger partial charge in [-0.2, -0.15) is 0 Å². The molecule has 4 nitrogen and oxygen atoms in total. The molecule has 0 aliphatic heterocycles. The topological polar surface area (TPSA) is 48.7 Å². The molecule has 0 aliphatic rings. The Morgan fingerprint density at radius 3 is 2.64 bits per heavy atom. The highest BCUT2D eigenvalue weighted by Crippen LogP contribution is 2.30. The third kappa shape index (κ3) is 3.69. The molecule has 128 valence electrons. The number of rotatable bonds is 5. The Kier molecular flexibility index (Phi) is 5.10. The van der Waals surface area contributed by atoms with Gasteiger partial charge in [0.1, 0.15) is 6.10 Å². The van der Waals surface area contributed by atoms with Crippen molar-refractivity contribution in [1.29, 1.82) is 0 Å². The summed E-state index contributed by atoms with van der Waals surface area (Å²) < 4.78 is 0. The van der Waals surface area contributed by atoms with Crippen LogP contribution in [0.25, 0.3) is 10.9 Å². The predicted molar refractivity (Wildman–Crippen MR) is 103 cm³/mol. The third-order valence-corrected chi connectivity index (χ3v) is 4.34. The van der Waals surface area contributed by atoms with Gasteiger partial charge >= 0.3 is 0 Å². The number of pyridine rings is 1. The fourth-order valence-electron chi connectivity index (χ4n) is 2.71. The molecule has 0 fully saturated rings. The van der Waals surface area contributed by atoms with Crippen LogP contribution in [0.1, 0.15) is 29.8 Å². The van der Waals surface area contributed by atoms with Crippen molar-refractivity contribution in [3.05, 3.63) is 71.4 Å². The lowest BCUT2D eigenvalue weighted by Crippen LogP contribution is -2.14. The van der Waals surface area contributed by atoms with E-state index in [2.05, 4.69) is 11.9 Å². The van der Waals surface area contributed by atoms with Crippen LogP contribution in [0.15, 0.2) is 59.6 Å². The number of aliphatic hydroxyl groups excluding tert-OH is 1. The van der Waals surface area contributed by atoms with Gasteiger partial charge in [0.2, 0.25) is 0 Å². The molecule has 0 aliphatic carbocycles. The quantitative estimate of drug-likeness (QED) is 0.561. The van der Waals surface area contributed by atoms with Gasteiger partial charge in [-0.25, -0.2) is 4.99 Å². The van der Waals surface area contributed by atoms with Gasteiger partial charge in [-0.1, -0.05) is 48.5 Å². The highest BCUT2D eigenvalue weighted by Gasteiger charge is 2.15. The average Bonchev–Trinajstić information content (AvgIpc) is 2.65. The van der Waals surface area contributed by atoms with E-state index < -0.39 is 6.10 Å². The number of aliphatic imine (C=N–C) groups is 1. The number of benzene rings is 2. The summed E-state index contributed by atoms with van der Waals surface area (Å²) in [5, 5.41) is 11.8. The van der Waals surface area contributed by atoms with Gasteiger partial charge in [0, 0.05) is 24.5 Å². The smallest absolute Gasteiger partial charge is 0.106 e. The van der Waals surface area contributed by atoms with Crippen molar-refractivity contribution < 1.29 is 5.11 Å². The Morgan fingerprint density at radius 2 is 1.92 bits per heavy atom. The number of hydrogen-bond acceptors (Lipinski definition) is 3. The molecule has 1 N–H and O–H groups in total. The molecule has 0 saturated carbocycles. The lowest BCUT2D eigenvalue weighted by molar-refractivity contribution is 0.221. The Hall–Kier alpha value is -2.72. The number of aliphatic hydroxyl groups is 1. The summed E-state index contributed by atoms with van der Waals surface area (Å²) >= 11 is 0. The van der Waals surface area contributed by atoms with Crippen LogP contribution < -0.4 is 0 Å². The molecule has 0 saturated heterocycles. The molecule has 1 aromatic heterocycles. The number of para-hydroxylation sites is 1. The molecule has 0 spiro atoms. The SMILES string of the molecule is CCN(C)/C=N/c1cc2cccc(C(O)c3ccccc3)c2nc1C. The summed E-state index contributed by atoms with van der Waals surface area (Å²) in [6.45, 7) is 4.93. The summed E-state index contributed by atoms with van der Waals surface area (Å²) in [4.78, 5) is 11.3. The first kappa shape index (κ1) is 17.1. The van der Waals surface area contributed by atoms with Gasteiger partial charge in [0.15, 0.2) is 0 Å². The molecule has 25 heavy (non-hydrogen) atoms. The Morgan fingerprint density at radius 1 is 1.16 bits per heavy atom. The summed E-state index contributed by atoms with van der Waals surface area (Å²) in [5.74, 6) is 0. The summed E-state index contributed by atoms with van der Waals surface area (Å²) in [6, 6.07) is 17.6. The Bertz CT molecular complexity index is 890. The fourth-order valence-corrected chi connectivity index (χ4v) is 2.71. The van der Waals surface area contributed by atoms with Crippen LogP contribution in [-0.2, 0) is 0 Å². The normalized spacial score (nSPS) is 12.6. The van der Waals surface area contributed by atoms with Crippen LogP contribution in [-0.4, -0.2) is 34.9 Å². The van der Waals surface area contributed by atoms with Crippen LogP contribution in [0, 0.1) is 6.92 Å². The molecule has 3 rings (SSSR count). The van der Waals surface area contributed by atoms with E-state index in [-0.39, 0.29) is 0 Å². The van der Waals surface area contributed by atoms with Crippen molar-refractivity contribution >= 4 is 22.9 Å². The van der Waals surface area contributed by atoms with Crippen molar-refractivity contribution in [2.75, 3.05) is 13.6 Å². The minimum atomic E-state index is -0.697. The van der Waals surface area contributed by atoms with Gasteiger partial charge in [-0.15, -0.1) is 0 Å². The molecule has 2 aromatic carbocycles. The van der Waals surface area contributed by atoms with E-state index in [9.17, 15) is 5.11 Å². The second kappa shape index (κ2) is 7.45. The maximum atomic E-state index is 10.8. The second-order valence-corrected chi connectivity index (χ2v) is 6.14. The van der Waals surface area contributed by atoms with E-state index in [1.54, 1.807) is 0 Å². The van der Waals surface area contributed by atoms with Gasteiger partial charge < -0.3 is 10.0 Å². The van der Waals surface area contributed by atoms with E-state index >= 15 is 0 Å². The Labute approximate surface area is 148 Å². The molecule has 0 radical (unpaired) electrons. The van der Waals surface area contributed by atoms with Crippen LogP contribution >= 0.6 is 0 Å². The van der Waals surface area contributed by atoms with E-state index in [4.69, 9.17) is 4.98 Å². The summed E-state index contributed by atoms with van der Waals surface area (Å²) in [7, 11) is 1.99. The van der Waals surface area contributed by atoms with Gasteiger partial charge in [0.25, 0.3) is 0 Å². The fraction of sp³-hybridized carbons (Fsp3) is 0.238. The molecule has 0 amide bonds. The van der Waals surface area contributed by atoms with Crippen molar-refractivity contribution in [1.82, 2.24) is 9.88 Å². The second-order valence-electron chi connectivity index (χ2n) is 6.14.